The number of aromatic nitrogens is 1. The summed E-state index contributed by atoms with van der Waals surface area (Å²) >= 11 is 0. The number of likely N-dealkylation sites (N-methyl/N-ethyl adjacent to an activating group) is 1. The molecule has 1 atom stereocenters. The van der Waals surface area contributed by atoms with Gasteiger partial charge in [-0.2, -0.15) is 12.7 Å². The fraction of sp³-hybridized carbons (Fsp3) is 0.571. The van der Waals surface area contributed by atoms with E-state index in [9.17, 15) is 13.2 Å². The lowest BCUT2D eigenvalue weighted by Crippen LogP contribution is -2.42. The van der Waals surface area contributed by atoms with Crippen molar-refractivity contribution in [3.63, 3.8) is 0 Å². The van der Waals surface area contributed by atoms with Crippen molar-refractivity contribution < 1.29 is 22.7 Å². The summed E-state index contributed by atoms with van der Waals surface area (Å²) in [5.41, 5.74) is 0.00200. The van der Waals surface area contributed by atoms with Crippen LogP contribution >= 0.6 is 0 Å². The normalized spacial score (nSPS) is 22.3. The number of carbonyl (C=O) groups is 1. The highest BCUT2D eigenvalue weighted by molar-refractivity contribution is 7.90. The van der Waals surface area contributed by atoms with E-state index in [0.717, 1.165) is 0 Å². The van der Waals surface area contributed by atoms with Crippen LogP contribution in [-0.4, -0.2) is 55.6 Å². The molecule has 2 aliphatic rings. The first kappa shape index (κ1) is 16.8. The summed E-state index contributed by atoms with van der Waals surface area (Å²) in [5.74, 6) is 0.222. The Morgan fingerprint density at radius 2 is 2.17 bits per heavy atom. The number of amides is 1. The Morgan fingerprint density at radius 3 is 2.83 bits per heavy atom. The third kappa shape index (κ3) is 2.98. The fourth-order valence-electron chi connectivity index (χ4n) is 2.62. The van der Waals surface area contributed by atoms with Gasteiger partial charge in [-0.1, -0.05) is 0 Å². The van der Waals surface area contributed by atoms with E-state index in [2.05, 4.69) is 10.3 Å². The molecule has 0 spiro atoms. The predicted molar refractivity (Wildman–Crippen MR) is 87.4 cm³/mol. The van der Waals surface area contributed by atoms with Crippen molar-refractivity contribution in [2.75, 3.05) is 29.8 Å². The van der Waals surface area contributed by atoms with Crippen molar-refractivity contribution >= 4 is 27.7 Å². The predicted octanol–water partition coefficient (Wildman–Crippen LogP) is 1.19. The quantitative estimate of drug-likeness (QED) is 0.811. The molecular weight excluding hydrogens is 336 g/mol. The Kier molecular flexibility index (Phi) is 3.83. The molecule has 132 valence electrons. The monoisotopic (exact) mass is 356 g/mol. The van der Waals surface area contributed by atoms with E-state index in [0.29, 0.717) is 17.9 Å². The van der Waals surface area contributed by atoms with Gasteiger partial charge in [0.1, 0.15) is 17.9 Å². The van der Waals surface area contributed by atoms with Crippen LogP contribution in [0.4, 0.5) is 16.2 Å². The molecule has 1 amide bonds. The molecule has 24 heavy (non-hydrogen) atoms. The summed E-state index contributed by atoms with van der Waals surface area (Å²) in [5, 5.41) is 2.55. The zero-order valence-electron chi connectivity index (χ0n) is 13.9. The second-order valence-electron chi connectivity index (χ2n) is 6.72. The van der Waals surface area contributed by atoms with E-state index in [1.165, 1.54) is 27.9 Å². The second-order valence-corrected chi connectivity index (χ2v) is 8.64. The van der Waals surface area contributed by atoms with Gasteiger partial charge in [0.05, 0.1) is 17.9 Å². The third-order valence-corrected chi connectivity index (χ3v) is 5.50. The van der Waals surface area contributed by atoms with Gasteiger partial charge in [-0.25, -0.2) is 14.1 Å². The molecule has 1 aromatic heterocycles. The summed E-state index contributed by atoms with van der Waals surface area (Å²) in [7, 11) is -2.09. The van der Waals surface area contributed by atoms with Crippen LogP contribution in [0.3, 0.4) is 0 Å². The molecule has 0 saturated carbocycles. The van der Waals surface area contributed by atoms with Crippen molar-refractivity contribution in [2.45, 2.75) is 32.4 Å². The smallest absolute Gasteiger partial charge is 0.412 e. The van der Waals surface area contributed by atoms with E-state index in [4.69, 9.17) is 9.47 Å². The van der Waals surface area contributed by atoms with Crippen molar-refractivity contribution in [1.29, 1.82) is 0 Å². The maximum atomic E-state index is 12.5. The molecule has 2 aliphatic heterocycles. The van der Waals surface area contributed by atoms with Crippen LogP contribution in [0.1, 0.15) is 20.8 Å². The molecule has 0 unspecified atom stereocenters. The topological polar surface area (TPSA) is 101 Å². The Bertz CT molecular complexity index is 774. The van der Waals surface area contributed by atoms with Crippen LogP contribution in [0.15, 0.2) is 12.3 Å². The minimum absolute atomic E-state index is 0.222. The first-order chi connectivity index (χ1) is 11.1. The third-order valence-electron chi connectivity index (χ3n) is 3.57. The molecule has 1 aromatic rings. The molecule has 3 rings (SSSR count). The molecule has 1 fully saturated rings. The molecule has 10 heteroatoms. The highest BCUT2D eigenvalue weighted by atomic mass is 32.2. The van der Waals surface area contributed by atoms with Gasteiger partial charge in [-0.3, -0.25) is 5.32 Å². The van der Waals surface area contributed by atoms with E-state index in [-0.39, 0.29) is 18.5 Å². The van der Waals surface area contributed by atoms with E-state index < -0.39 is 21.9 Å². The maximum Gasteiger partial charge on any atom is 0.412 e. The molecule has 9 nitrogen and oxygen atoms in total. The Balaban J connectivity index is 1.89. The standard InChI is InChI=1S/C14H20N4O5S/c1-14(2,3)23-13(19)16-9-5-11-12(15-6-9)22-8-10-7-17(4)24(20,21)18(10)11/h5-6,10H,7-8H2,1-4H3,(H,16,19)/t10-/m0/s1. The number of rotatable bonds is 1. The summed E-state index contributed by atoms with van der Waals surface area (Å²) in [6.45, 7) is 5.84. The first-order valence-electron chi connectivity index (χ1n) is 7.46. The lowest BCUT2D eigenvalue weighted by atomic mass is 10.2. The molecule has 1 saturated heterocycles. The average Bonchev–Trinajstić information content (AvgIpc) is 2.67. The molecule has 0 aliphatic carbocycles. The fourth-order valence-corrected chi connectivity index (χ4v) is 4.16. The van der Waals surface area contributed by atoms with Crippen molar-refractivity contribution in [2.24, 2.45) is 0 Å². The van der Waals surface area contributed by atoms with Crippen LogP contribution in [0.5, 0.6) is 5.88 Å². The zero-order valence-corrected chi connectivity index (χ0v) is 14.8. The average molecular weight is 356 g/mol. The molecular formula is C14H20N4O5S. The van der Waals surface area contributed by atoms with Gasteiger partial charge in [-0.15, -0.1) is 0 Å². The van der Waals surface area contributed by atoms with Crippen LogP contribution in [0.2, 0.25) is 0 Å². The van der Waals surface area contributed by atoms with E-state index >= 15 is 0 Å². The first-order valence-corrected chi connectivity index (χ1v) is 8.86. The maximum absolute atomic E-state index is 12.5. The Labute approximate surface area is 140 Å². The van der Waals surface area contributed by atoms with E-state index in [1.54, 1.807) is 20.8 Å². The van der Waals surface area contributed by atoms with Crippen molar-refractivity contribution in [1.82, 2.24) is 9.29 Å². The van der Waals surface area contributed by atoms with Crippen LogP contribution in [0, 0.1) is 0 Å². The number of hydrogen-bond acceptors (Lipinski definition) is 6. The number of nitrogens with one attached hydrogen (secondary N) is 1. The highest BCUT2D eigenvalue weighted by Crippen LogP contribution is 2.39. The van der Waals surface area contributed by atoms with Gasteiger partial charge in [-0.05, 0) is 26.8 Å². The molecule has 0 bridgehead atoms. The van der Waals surface area contributed by atoms with Gasteiger partial charge < -0.3 is 9.47 Å². The lowest BCUT2D eigenvalue weighted by molar-refractivity contribution is 0.0636. The van der Waals surface area contributed by atoms with Gasteiger partial charge >= 0.3 is 16.3 Å². The summed E-state index contributed by atoms with van der Waals surface area (Å²) in [6.07, 6.45) is 0.758. The zero-order chi connectivity index (χ0) is 17.7. The Hall–Kier alpha value is -2.07. The minimum atomic E-state index is -3.61. The second kappa shape index (κ2) is 5.49. The molecule has 0 aromatic carbocycles. The summed E-state index contributed by atoms with van der Waals surface area (Å²) < 4.78 is 38.2. The number of pyridine rings is 1. The number of fused-ring (bicyclic) bond motifs is 3. The van der Waals surface area contributed by atoms with Crippen molar-refractivity contribution in [3.05, 3.63) is 12.3 Å². The van der Waals surface area contributed by atoms with E-state index in [1.807, 2.05) is 0 Å². The van der Waals surface area contributed by atoms with Crippen LogP contribution in [0.25, 0.3) is 0 Å². The highest BCUT2D eigenvalue weighted by Gasteiger charge is 2.46. The van der Waals surface area contributed by atoms with Crippen LogP contribution < -0.4 is 14.4 Å². The van der Waals surface area contributed by atoms with Crippen LogP contribution in [-0.2, 0) is 14.9 Å². The van der Waals surface area contributed by atoms with Gasteiger partial charge in [0.15, 0.2) is 0 Å². The largest absolute Gasteiger partial charge is 0.474 e. The minimum Gasteiger partial charge on any atom is -0.474 e. The summed E-state index contributed by atoms with van der Waals surface area (Å²) in [4.78, 5) is 16.0. The molecule has 1 N–H and O–H groups in total. The van der Waals surface area contributed by atoms with Crippen molar-refractivity contribution in [3.8, 4) is 5.88 Å². The number of anilines is 2. The van der Waals surface area contributed by atoms with Gasteiger partial charge in [0.25, 0.3) is 0 Å². The SMILES string of the molecule is CN1C[C@H]2COc3ncc(NC(=O)OC(C)(C)C)cc3N2S1(=O)=O. The molecule has 3 heterocycles. The summed E-state index contributed by atoms with van der Waals surface area (Å²) in [6, 6.07) is 1.21. The number of ether oxygens (including phenoxy) is 2. The van der Waals surface area contributed by atoms with Gasteiger partial charge in [0, 0.05) is 13.6 Å². The molecule has 0 radical (unpaired) electrons. The number of hydrogen-bond donors (Lipinski definition) is 1. The number of carbonyl (C=O) groups excluding carboxylic acids is 1. The Morgan fingerprint density at radius 1 is 1.46 bits per heavy atom. The van der Waals surface area contributed by atoms with Gasteiger partial charge in [0.2, 0.25) is 5.88 Å². The lowest BCUT2D eigenvalue weighted by Gasteiger charge is -2.30. The number of nitrogens with zero attached hydrogens (tertiary/aromatic N) is 3.